The summed E-state index contributed by atoms with van der Waals surface area (Å²) >= 11 is 0. The van der Waals surface area contributed by atoms with Crippen LogP contribution in [0, 0.1) is 0 Å². The second-order valence-corrected chi connectivity index (χ2v) is 3.58. The molecule has 0 radical (unpaired) electrons. The highest BCUT2D eigenvalue weighted by atomic mass is 16.1. The molecule has 0 bridgehead atoms. The summed E-state index contributed by atoms with van der Waals surface area (Å²) in [4.78, 5) is 19.1. The molecule has 0 spiro atoms. The lowest BCUT2D eigenvalue weighted by molar-refractivity contribution is 0.100. The number of nitrogens with one attached hydrogen (secondary N) is 1. The summed E-state index contributed by atoms with van der Waals surface area (Å²) in [5, 5.41) is 11.2. The summed E-state index contributed by atoms with van der Waals surface area (Å²) in [6.07, 6.45) is 4.37. The van der Waals surface area contributed by atoms with Crippen LogP contribution in [-0.4, -0.2) is 35.9 Å². The van der Waals surface area contributed by atoms with E-state index in [1.54, 1.807) is 6.20 Å². The SMILES string of the molecule is NC(=O)c1cnn(-c2nc(N)nc3[nH]ncc23)c1. The van der Waals surface area contributed by atoms with E-state index in [1.807, 2.05) is 0 Å². The fourth-order valence-corrected chi connectivity index (χ4v) is 1.58. The number of hydrogen-bond acceptors (Lipinski definition) is 6. The van der Waals surface area contributed by atoms with E-state index >= 15 is 0 Å². The number of nitrogen functional groups attached to an aromatic ring is 1. The van der Waals surface area contributed by atoms with Gasteiger partial charge in [-0.15, -0.1) is 0 Å². The summed E-state index contributed by atoms with van der Waals surface area (Å²) in [6, 6.07) is 0. The van der Waals surface area contributed by atoms with E-state index in [4.69, 9.17) is 11.5 Å². The summed E-state index contributed by atoms with van der Waals surface area (Å²) in [7, 11) is 0. The maximum absolute atomic E-state index is 11.0. The van der Waals surface area contributed by atoms with Gasteiger partial charge in [0.25, 0.3) is 5.91 Å². The van der Waals surface area contributed by atoms with Crippen molar-refractivity contribution in [2.45, 2.75) is 0 Å². The quantitative estimate of drug-likeness (QED) is 0.539. The van der Waals surface area contributed by atoms with Crippen LogP contribution in [0.15, 0.2) is 18.6 Å². The Kier molecular flexibility index (Phi) is 1.99. The Hall–Kier alpha value is -2.97. The van der Waals surface area contributed by atoms with Gasteiger partial charge in [0.15, 0.2) is 11.5 Å². The van der Waals surface area contributed by atoms with Crippen LogP contribution in [0.25, 0.3) is 16.9 Å². The number of aromatic amines is 1. The van der Waals surface area contributed by atoms with Crippen LogP contribution in [0.4, 0.5) is 5.95 Å². The van der Waals surface area contributed by atoms with Crippen LogP contribution in [0.2, 0.25) is 0 Å². The largest absolute Gasteiger partial charge is 0.368 e. The number of H-pyrrole nitrogens is 1. The van der Waals surface area contributed by atoms with Gasteiger partial charge in [0.05, 0.1) is 23.3 Å². The molecule has 90 valence electrons. The van der Waals surface area contributed by atoms with Crippen molar-refractivity contribution >= 4 is 22.9 Å². The molecule has 3 rings (SSSR count). The van der Waals surface area contributed by atoms with Gasteiger partial charge in [-0.05, 0) is 0 Å². The van der Waals surface area contributed by atoms with Crippen LogP contribution in [0.1, 0.15) is 10.4 Å². The fourth-order valence-electron chi connectivity index (χ4n) is 1.58. The lowest BCUT2D eigenvalue weighted by atomic mass is 10.3. The van der Waals surface area contributed by atoms with E-state index < -0.39 is 5.91 Å². The zero-order chi connectivity index (χ0) is 12.7. The van der Waals surface area contributed by atoms with Crippen molar-refractivity contribution < 1.29 is 4.79 Å². The monoisotopic (exact) mass is 244 g/mol. The van der Waals surface area contributed by atoms with Crippen molar-refractivity contribution in [2.24, 2.45) is 5.73 Å². The molecular weight excluding hydrogens is 236 g/mol. The van der Waals surface area contributed by atoms with Gasteiger partial charge in [0, 0.05) is 6.20 Å². The number of nitrogens with two attached hydrogens (primary N) is 2. The van der Waals surface area contributed by atoms with Crippen molar-refractivity contribution in [1.29, 1.82) is 0 Å². The van der Waals surface area contributed by atoms with Crippen LogP contribution in [0.3, 0.4) is 0 Å². The zero-order valence-corrected chi connectivity index (χ0v) is 9.03. The smallest absolute Gasteiger partial charge is 0.251 e. The molecule has 0 aliphatic rings. The van der Waals surface area contributed by atoms with E-state index in [0.717, 1.165) is 0 Å². The Morgan fingerprint density at radius 3 is 2.89 bits per heavy atom. The number of primary amides is 1. The number of rotatable bonds is 2. The molecule has 3 aromatic heterocycles. The highest BCUT2D eigenvalue weighted by Gasteiger charge is 2.12. The molecule has 0 unspecified atom stereocenters. The number of carbonyl (C=O) groups excluding carboxylic acids is 1. The van der Waals surface area contributed by atoms with Crippen molar-refractivity contribution in [3.63, 3.8) is 0 Å². The van der Waals surface area contributed by atoms with E-state index in [1.165, 1.54) is 17.1 Å². The third-order valence-corrected chi connectivity index (χ3v) is 2.39. The Balaban J connectivity index is 2.23. The molecular formula is C9H8N8O. The van der Waals surface area contributed by atoms with E-state index in [-0.39, 0.29) is 11.5 Å². The average molecular weight is 244 g/mol. The Morgan fingerprint density at radius 1 is 1.33 bits per heavy atom. The number of anilines is 1. The predicted molar refractivity (Wildman–Crippen MR) is 61.7 cm³/mol. The van der Waals surface area contributed by atoms with Gasteiger partial charge in [-0.2, -0.15) is 20.2 Å². The molecule has 18 heavy (non-hydrogen) atoms. The van der Waals surface area contributed by atoms with Crippen LogP contribution in [0.5, 0.6) is 0 Å². The molecule has 0 fully saturated rings. The first kappa shape index (κ1) is 10.2. The van der Waals surface area contributed by atoms with Gasteiger partial charge in [-0.1, -0.05) is 0 Å². The second-order valence-electron chi connectivity index (χ2n) is 3.58. The maximum atomic E-state index is 11.0. The molecule has 3 heterocycles. The average Bonchev–Trinajstić information content (AvgIpc) is 2.95. The molecule has 0 aliphatic heterocycles. The standard InChI is InChI=1S/C9H8N8O/c10-6(18)4-1-13-17(3-4)8-5-2-12-16-7(5)14-9(11)15-8/h1-3H,(H2,10,18)(H3,11,12,14,15,16). The number of carbonyl (C=O) groups is 1. The molecule has 0 saturated heterocycles. The van der Waals surface area contributed by atoms with Crippen LogP contribution in [-0.2, 0) is 0 Å². The van der Waals surface area contributed by atoms with E-state index in [2.05, 4.69) is 25.3 Å². The number of aromatic nitrogens is 6. The lowest BCUT2D eigenvalue weighted by Crippen LogP contribution is -2.09. The van der Waals surface area contributed by atoms with Crippen molar-refractivity contribution in [2.75, 3.05) is 5.73 Å². The summed E-state index contributed by atoms with van der Waals surface area (Å²) in [5.74, 6) is -0.0525. The third-order valence-electron chi connectivity index (χ3n) is 2.39. The lowest BCUT2D eigenvalue weighted by Gasteiger charge is -2.02. The highest BCUT2D eigenvalue weighted by molar-refractivity contribution is 5.92. The first-order valence-corrected chi connectivity index (χ1v) is 4.96. The number of amides is 1. The maximum Gasteiger partial charge on any atom is 0.251 e. The Morgan fingerprint density at radius 2 is 2.17 bits per heavy atom. The first-order chi connectivity index (χ1) is 8.65. The highest BCUT2D eigenvalue weighted by Crippen LogP contribution is 2.17. The molecule has 9 nitrogen and oxygen atoms in total. The van der Waals surface area contributed by atoms with Gasteiger partial charge in [-0.3, -0.25) is 9.89 Å². The molecule has 5 N–H and O–H groups in total. The minimum absolute atomic E-state index is 0.0814. The second kappa shape index (κ2) is 3.52. The van der Waals surface area contributed by atoms with Gasteiger partial charge in [-0.25, -0.2) is 4.68 Å². The molecule has 0 aromatic carbocycles. The number of nitrogens with zero attached hydrogens (tertiary/aromatic N) is 5. The first-order valence-electron chi connectivity index (χ1n) is 4.96. The summed E-state index contributed by atoms with van der Waals surface area (Å²) in [6.45, 7) is 0. The van der Waals surface area contributed by atoms with Crippen LogP contribution < -0.4 is 11.5 Å². The van der Waals surface area contributed by atoms with Gasteiger partial charge in [0.2, 0.25) is 5.95 Å². The van der Waals surface area contributed by atoms with E-state index in [0.29, 0.717) is 16.9 Å². The normalized spacial score (nSPS) is 10.9. The molecule has 0 aliphatic carbocycles. The molecule has 9 heteroatoms. The van der Waals surface area contributed by atoms with Crippen molar-refractivity contribution in [1.82, 2.24) is 29.9 Å². The summed E-state index contributed by atoms with van der Waals surface area (Å²) < 4.78 is 1.40. The van der Waals surface area contributed by atoms with Gasteiger partial charge >= 0.3 is 0 Å². The molecule has 1 amide bonds. The minimum atomic E-state index is -0.563. The molecule has 0 atom stereocenters. The topological polar surface area (TPSA) is 141 Å². The van der Waals surface area contributed by atoms with Crippen molar-refractivity contribution in [3.05, 3.63) is 24.2 Å². The predicted octanol–water partition coefficient (Wildman–Crippen LogP) is -0.780. The fraction of sp³-hybridized carbons (Fsp3) is 0. The van der Waals surface area contributed by atoms with Gasteiger partial charge < -0.3 is 11.5 Å². The Labute approximate surface area is 99.8 Å². The summed E-state index contributed by atoms with van der Waals surface area (Å²) in [5.41, 5.74) is 11.5. The molecule has 0 saturated carbocycles. The number of fused-ring (bicyclic) bond motifs is 1. The Bertz CT molecular complexity index is 742. The zero-order valence-electron chi connectivity index (χ0n) is 9.03. The number of hydrogen-bond donors (Lipinski definition) is 3. The van der Waals surface area contributed by atoms with Gasteiger partial charge in [0.1, 0.15) is 0 Å². The van der Waals surface area contributed by atoms with Crippen LogP contribution >= 0.6 is 0 Å². The van der Waals surface area contributed by atoms with Crippen molar-refractivity contribution in [3.8, 4) is 5.82 Å². The third kappa shape index (κ3) is 1.45. The minimum Gasteiger partial charge on any atom is -0.368 e. The molecule has 3 aromatic rings. The van der Waals surface area contributed by atoms with E-state index in [9.17, 15) is 4.79 Å².